The molecule has 1 aliphatic heterocycles. The Morgan fingerprint density at radius 1 is 1.26 bits per heavy atom. The quantitative estimate of drug-likeness (QED) is 0.752. The molecule has 0 radical (unpaired) electrons. The number of benzene rings is 2. The number of halogens is 1. The monoisotopic (exact) mass is 430 g/mol. The lowest BCUT2D eigenvalue weighted by Crippen LogP contribution is -2.42. The van der Waals surface area contributed by atoms with Crippen LogP contribution in [0.5, 0.6) is 5.75 Å². The molecule has 0 atom stereocenters. The standard InChI is InChI=1S/C21H23BrN2O3/c1-4-11-24-17-10-9-14(12-18(17)27-13-21(2,3)20(24)26)23-19(25)15-7-5-6-8-16(15)22/h5-10,12H,4,11,13H2,1-3H3,(H,23,25). The Hall–Kier alpha value is -2.34. The maximum absolute atomic E-state index is 12.9. The molecule has 5 nitrogen and oxygen atoms in total. The van der Waals surface area contributed by atoms with Crippen LogP contribution in [0.3, 0.4) is 0 Å². The van der Waals surface area contributed by atoms with Crippen LogP contribution in [0.2, 0.25) is 0 Å². The Labute approximate surface area is 167 Å². The van der Waals surface area contributed by atoms with Crippen molar-refractivity contribution in [3.63, 3.8) is 0 Å². The molecule has 2 amide bonds. The highest BCUT2D eigenvalue weighted by atomic mass is 79.9. The van der Waals surface area contributed by atoms with Gasteiger partial charge in [-0.3, -0.25) is 9.59 Å². The van der Waals surface area contributed by atoms with E-state index in [0.29, 0.717) is 30.2 Å². The van der Waals surface area contributed by atoms with Gasteiger partial charge in [-0.2, -0.15) is 0 Å². The third-order valence-electron chi connectivity index (χ3n) is 4.49. The van der Waals surface area contributed by atoms with Crippen molar-refractivity contribution in [3.8, 4) is 5.75 Å². The molecule has 1 N–H and O–H groups in total. The van der Waals surface area contributed by atoms with Crippen molar-refractivity contribution in [2.45, 2.75) is 27.2 Å². The number of nitrogens with one attached hydrogen (secondary N) is 1. The average molecular weight is 431 g/mol. The molecule has 0 unspecified atom stereocenters. The van der Waals surface area contributed by atoms with Gasteiger partial charge in [0.25, 0.3) is 5.91 Å². The number of hydrogen-bond donors (Lipinski definition) is 1. The van der Waals surface area contributed by atoms with Crippen molar-refractivity contribution in [2.24, 2.45) is 5.41 Å². The second-order valence-corrected chi connectivity index (χ2v) is 8.10. The van der Waals surface area contributed by atoms with Crippen LogP contribution in [0.15, 0.2) is 46.9 Å². The number of fused-ring (bicyclic) bond motifs is 1. The number of rotatable bonds is 4. The Morgan fingerprint density at radius 2 is 2.00 bits per heavy atom. The molecule has 6 heteroatoms. The van der Waals surface area contributed by atoms with Gasteiger partial charge in [0.15, 0.2) is 0 Å². The topological polar surface area (TPSA) is 58.6 Å². The van der Waals surface area contributed by atoms with Crippen LogP contribution in [0.25, 0.3) is 0 Å². The Bertz CT molecular complexity index is 879. The molecule has 1 heterocycles. The van der Waals surface area contributed by atoms with Gasteiger partial charge < -0.3 is 15.0 Å². The van der Waals surface area contributed by atoms with E-state index in [0.717, 1.165) is 16.6 Å². The minimum atomic E-state index is -0.605. The zero-order valence-corrected chi connectivity index (χ0v) is 17.3. The number of amides is 2. The molecule has 0 aliphatic carbocycles. The fraction of sp³-hybridized carbons (Fsp3) is 0.333. The Balaban J connectivity index is 1.90. The van der Waals surface area contributed by atoms with Gasteiger partial charge in [0.2, 0.25) is 5.91 Å². The predicted octanol–water partition coefficient (Wildman–Crippen LogP) is 4.86. The number of carbonyl (C=O) groups is 2. The Kier molecular flexibility index (Phi) is 5.56. The molecule has 1 aliphatic rings. The molecule has 27 heavy (non-hydrogen) atoms. The second-order valence-electron chi connectivity index (χ2n) is 7.25. The van der Waals surface area contributed by atoms with Gasteiger partial charge >= 0.3 is 0 Å². The van der Waals surface area contributed by atoms with E-state index in [4.69, 9.17) is 4.74 Å². The highest BCUT2D eigenvalue weighted by molar-refractivity contribution is 9.10. The van der Waals surface area contributed by atoms with E-state index in [9.17, 15) is 9.59 Å². The van der Waals surface area contributed by atoms with Crippen molar-refractivity contribution in [2.75, 3.05) is 23.4 Å². The van der Waals surface area contributed by atoms with Crippen LogP contribution in [0.1, 0.15) is 37.6 Å². The van der Waals surface area contributed by atoms with Crippen LogP contribution < -0.4 is 15.0 Å². The summed E-state index contributed by atoms with van der Waals surface area (Å²) in [6.07, 6.45) is 0.849. The highest BCUT2D eigenvalue weighted by Crippen LogP contribution is 2.38. The average Bonchev–Trinajstić information content (AvgIpc) is 2.72. The lowest BCUT2D eigenvalue weighted by Gasteiger charge is -2.27. The molecule has 0 spiro atoms. The molecule has 2 aromatic carbocycles. The molecule has 2 aromatic rings. The summed E-state index contributed by atoms with van der Waals surface area (Å²) in [4.78, 5) is 27.2. The lowest BCUT2D eigenvalue weighted by atomic mass is 9.93. The van der Waals surface area contributed by atoms with E-state index in [-0.39, 0.29) is 11.8 Å². The van der Waals surface area contributed by atoms with Gasteiger partial charge in [-0.1, -0.05) is 19.1 Å². The minimum Gasteiger partial charge on any atom is -0.490 e. The van der Waals surface area contributed by atoms with Gasteiger partial charge in [0, 0.05) is 22.8 Å². The smallest absolute Gasteiger partial charge is 0.256 e. The minimum absolute atomic E-state index is 0.0492. The molecule has 0 saturated heterocycles. The summed E-state index contributed by atoms with van der Waals surface area (Å²) < 4.78 is 6.67. The van der Waals surface area contributed by atoms with Crippen LogP contribution >= 0.6 is 15.9 Å². The maximum atomic E-state index is 12.9. The first-order chi connectivity index (χ1) is 12.8. The molecule has 3 rings (SSSR count). The number of anilines is 2. The van der Waals surface area contributed by atoms with E-state index in [1.54, 1.807) is 23.1 Å². The van der Waals surface area contributed by atoms with Gasteiger partial charge in [-0.15, -0.1) is 0 Å². The molecule has 0 aromatic heterocycles. The zero-order valence-electron chi connectivity index (χ0n) is 15.7. The lowest BCUT2D eigenvalue weighted by molar-refractivity contribution is -0.127. The van der Waals surface area contributed by atoms with Gasteiger partial charge in [0.05, 0.1) is 16.7 Å². The van der Waals surface area contributed by atoms with E-state index in [2.05, 4.69) is 21.2 Å². The second kappa shape index (κ2) is 7.72. The summed E-state index contributed by atoms with van der Waals surface area (Å²) >= 11 is 3.40. The van der Waals surface area contributed by atoms with Crippen molar-refractivity contribution < 1.29 is 14.3 Å². The Morgan fingerprint density at radius 3 is 2.70 bits per heavy atom. The summed E-state index contributed by atoms with van der Waals surface area (Å²) in [7, 11) is 0. The van der Waals surface area contributed by atoms with Gasteiger partial charge in [0.1, 0.15) is 12.4 Å². The number of ether oxygens (including phenoxy) is 1. The fourth-order valence-electron chi connectivity index (χ4n) is 3.01. The molecule has 0 bridgehead atoms. The third-order valence-corrected chi connectivity index (χ3v) is 5.18. The molecule has 0 saturated carbocycles. The molecule has 142 valence electrons. The normalized spacial score (nSPS) is 15.6. The van der Waals surface area contributed by atoms with Crippen LogP contribution in [0, 0.1) is 5.41 Å². The van der Waals surface area contributed by atoms with Crippen molar-refractivity contribution in [1.82, 2.24) is 0 Å². The largest absolute Gasteiger partial charge is 0.490 e. The zero-order chi connectivity index (χ0) is 19.6. The summed E-state index contributed by atoms with van der Waals surface area (Å²) in [5, 5.41) is 2.90. The third kappa shape index (κ3) is 4.00. The fourth-order valence-corrected chi connectivity index (χ4v) is 3.48. The predicted molar refractivity (Wildman–Crippen MR) is 110 cm³/mol. The van der Waals surface area contributed by atoms with E-state index in [1.165, 1.54) is 0 Å². The SMILES string of the molecule is CCCN1C(=O)C(C)(C)COc2cc(NC(=O)c3ccccc3Br)ccc21. The van der Waals surface area contributed by atoms with Gasteiger partial charge in [-0.25, -0.2) is 0 Å². The molecular formula is C21H23BrN2O3. The van der Waals surface area contributed by atoms with E-state index < -0.39 is 5.41 Å². The summed E-state index contributed by atoms with van der Waals surface area (Å²) in [5.41, 5.74) is 1.31. The molecular weight excluding hydrogens is 408 g/mol. The van der Waals surface area contributed by atoms with Crippen molar-refractivity contribution in [1.29, 1.82) is 0 Å². The van der Waals surface area contributed by atoms with Crippen LogP contribution in [0.4, 0.5) is 11.4 Å². The summed E-state index contributed by atoms with van der Waals surface area (Å²) in [6.45, 7) is 6.74. The maximum Gasteiger partial charge on any atom is 0.256 e. The molecule has 0 fully saturated rings. The summed E-state index contributed by atoms with van der Waals surface area (Å²) in [5.74, 6) is 0.443. The van der Waals surface area contributed by atoms with Crippen LogP contribution in [-0.4, -0.2) is 25.0 Å². The number of nitrogens with zero attached hydrogens (tertiary/aromatic N) is 1. The number of carbonyl (C=O) groups excluding carboxylic acids is 2. The first-order valence-electron chi connectivity index (χ1n) is 8.98. The van der Waals surface area contributed by atoms with E-state index >= 15 is 0 Å². The first-order valence-corrected chi connectivity index (χ1v) is 9.77. The number of hydrogen-bond acceptors (Lipinski definition) is 3. The van der Waals surface area contributed by atoms with E-state index in [1.807, 2.05) is 45.0 Å². The van der Waals surface area contributed by atoms with Crippen molar-refractivity contribution >= 4 is 39.1 Å². The first kappa shape index (κ1) is 19.4. The van der Waals surface area contributed by atoms with Crippen LogP contribution in [-0.2, 0) is 4.79 Å². The van der Waals surface area contributed by atoms with Gasteiger partial charge in [-0.05, 0) is 60.5 Å². The van der Waals surface area contributed by atoms with Crippen molar-refractivity contribution in [3.05, 3.63) is 52.5 Å². The summed E-state index contributed by atoms with van der Waals surface area (Å²) in [6, 6.07) is 12.7. The highest BCUT2D eigenvalue weighted by Gasteiger charge is 2.37.